The maximum atomic E-state index is 12.4. The fourth-order valence-corrected chi connectivity index (χ4v) is 2.98. The first-order valence-electron chi connectivity index (χ1n) is 8.34. The first-order valence-corrected chi connectivity index (χ1v) is 8.34. The van der Waals surface area contributed by atoms with Crippen LogP contribution in [0.5, 0.6) is 0 Å². The van der Waals surface area contributed by atoms with Gasteiger partial charge in [-0.05, 0) is 53.0 Å². The van der Waals surface area contributed by atoms with Gasteiger partial charge in [0.1, 0.15) is 5.60 Å². The summed E-state index contributed by atoms with van der Waals surface area (Å²) in [6, 6.07) is 0.221. The lowest BCUT2D eigenvalue weighted by Crippen LogP contribution is -2.51. The van der Waals surface area contributed by atoms with E-state index in [9.17, 15) is 9.59 Å². The maximum absolute atomic E-state index is 12.4. The van der Waals surface area contributed by atoms with Gasteiger partial charge in [-0.2, -0.15) is 0 Å². The van der Waals surface area contributed by atoms with Crippen LogP contribution < -0.4 is 10.6 Å². The van der Waals surface area contributed by atoms with Crippen LogP contribution in [0.2, 0.25) is 0 Å². The van der Waals surface area contributed by atoms with Gasteiger partial charge in [0.15, 0.2) is 0 Å². The van der Waals surface area contributed by atoms with Gasteiger partial charge >= 0.3 is 6.09 Å². The predicted octanol–water partition coefficient (Wildman–Crippen LogP) is 1.50. The number of nitrogens with one attached hydrogen (secondary N) is 2. The molecule has 2 atom stereocenters. The Morgan fingerprint density at radius 3 is 2.64 bits per heavy atom. The average Bonchev–Trinajstić information content (AvgIpc) is 2.46. The molecule has 2 fully saturated rings. The summed E-state index contributed by atoms with van der Waals surface area (Å²) in [5.41, 5.74) is -0.500. The molecule has 2 heterocycles. The molecule has 2 amide bonds. The third kappa shape index (κ3) is 5.16. The molecule has 22 heavy (non-hydrogen) atoms. The highest BCUT2D eigenvalue weighted by Gasteiger charge is 2.31. The molecule has 0 aromatic carbocycles. The number of carbonyl (C=O) groups is 2. The second kappa shape index (κ2) is 7.31. The molecule has 0 bridgehead atoms. The molecule has 0 radical (unpaired) electrons. The first-order chi connectivity index (χ1) is 10.3. The van der Waals surface area contributed by atoms with Crippen molar-refractivity contribution < 1.29 is 14.3 Å². The molecule has 0 saturated carbocycles. The van der Waals surface area contributed by atoms with Crippen molar-refractivity contribution >= 4 is 12.0 Å². The van der Waals surface area contributed by atoms with Gasteiger partial charge in [0.05, 0.1) is 5.92 Å². The van der Waals surface area contributed by atoms with Crippen LogP contribution in [0.15, 0.2) is 0 Å². The number of piperidine rings is 2. The zero-order valence-corrected chi connectivity index (χ0v) is 14.0. The number of amides is 2. The molecule has 2 saturated heterocycles. The lowest BCUT2D eigenvalue weighted by molar-refractivity contribution is -0.127. The number of hydrogen-bond acceptors (Lipinski definition) is 4. The predicted molar refractivity (Wildman–Crippen MR) is 84.6 cm³/mol. The Morgan fingerprint density at radius 2 is 2.00 bits per heavy atom. The zero-order valence-electron chi connectivity index (χ0n) is 14.0. The first kappa shape index (κ1) is 17.1. The van der Waals surface area contributed by atoms with Crippen LogP contribution in [0.4, 0.5) is 4.79 Å². The fraction of sp³-hybridized carbons (Fsp3) is 0.875. The van der Waals surface area contributed by atoms with Crippen LogP contribution in [0.1, 0.15) is 46.5 Å². The Balaban J connectivity index is 1.84. The average molecular weight is 311 g/mol. The Kier molecular flexibility index (Phi) is 5.67. The lowest BCUT2D eigenvalue weighted by atomic mass is 9.96. The maximum Gasteiger partial charge on any atom is 0.410 e. The normalized spacial score (nSPS) is 26.4. The van der Waals surface area contributed by atoms with Crippen molar-refractivity contribution in [3.05, 3.63) is 0 Å². The molecule has 0 spiro atoms. The topological polar surface area (TPSA) is 70.7 Å². The van der Waals surface area contributed by atoms with Gasteiger partial charge in [-0.3, -0.25) is 4.79 Å². The van der Waals surface area contributed by atoms with E-state index in [4.69, 9.17) is 4.74 Å². The highest BCUT2D eigenvalue weighted by molar-refractivity contribution is 5.80. The van der Waals surface area contributed by atoms with E-state index >= 15 is 0 Å². The summed E-state index contributed by atoms with van der Waals surface area (Å²) in [6.07, 6.45) is 3.50. The molecule has 0 aromatic rings. The second-order valence-corrected chi connectivity index (χ2v) is 7.32. The van der Waals surface area contributed by atoms with Gasteiger partial charge in [0.25, 0.3) is 0 Å². The summed E-state index contributed by atoms with van der Waals surface area (Å²) in [5.74, 6) is -0.0508. The van der Waals surface area contributed by atoms with E-state index < -0.39 is 5.60 Å². The minimum absolute atomic E-state index is 0.0713. The highest BCUT2D eigenvalue weighted by atomic mass is 16.6. The summed E-state index contributed by atoms with van der Waals surface area (Å²) in [4.78, 5) is 26.2. The Morgan fingerprint density at radius 1 is 1.23 bits per heavy atom. The van der Waals surface area contributed by atoms with Crippen molar-refractivity contribution in [3.63, 3.8) is 0 Å². The van der Waals surface area contributed by atoms with Gasteiger partial charge < -0.3 is 20.3 Å². The molecular formula is C16H29N3O3. The van der Waals surface area contributed by atoms with Gasteiger partial charge in [-0.1, -0.05) is 0 Å². The monoisotopic (exact) mass is 311 g/mol. The summed E-state index contributed by atoms with van der Waals surface area (Å²) < 4.78 is 5.40. The third-order valence-corrected chi connectivity index (χ3v) is 4.09. The Bertz CT molecular complexity index is 400. The molecular weight excluding hydrogens is 282 g/mol. The minimum Gasteiger partial charge on any atom is -0.444 e. The Labute approximate surface area is 132 Å². The Hall–Kier alpha value is -1.30. The standard InChI is InChI=1S/C16H29N3O3/c1-16(2,3)22-15(21)19-9-5-6-12(11-19)14(20)18-13-7-4-8-17-10-13/h12-13,17H,4-11H2,1-3H3,(H,18,20)/t12-,13-/m1/s1. The number of carbonyl (C=O) groups excluding carboxylic acids is 2. The van der Waals surface area contributed by atoms with E-state index in [2.05, 4.69) is 10.6 Å². The smallest absolute Gasteiger partial charge is 0.410 e. The summed E-state index contributed by atoms with van der Waals surface area (Å²) in [5, 5.41) is 6.41. The van der Waals surface area contributed by atoms with Gasteiger partial charge in [0.2, 0.25) is 5.91 Å². The lowest BCUT2D eigenvalue weighted by Gasteiger charge is -2.34. The highest BCUT2D eigenvalue weighted by Crippen LogP contribution is 2.20. The number of hydrogen-bond donors (Lipinski definition) is 2. The molecule has 2 aliphatic rings. The van der Waals surface area contributed by atoms with Gasteiger partial charge in [-0.15, -0.1) is 0 Å². The number of nitrogens with zero attached hydrogens (tertiary/aromatic N) is 1. The van der Waals surface area contributed by atoms with Crippen molar-refractivity contribution in [3.8, 4) is 0 Å². The van der Waals surface area contributed by atoms with Crippen LogP contribution in [0, 0.1) is 5.92 Å². The summed E-state index contributed by atoms with van der Waals surface area (Å²) >= 11 is 0. The van der Waals surface area contributed by atoms with E-state index in [1.54, 1.807) is 4.90 Å². The van der Waals surface area contributed by atoms with E-state index in [1.807, 2.05) is 20.8 Å². The van der Waals surface area contributed by atoms with Crippen molar-refractivity contribution in [1.29, 1.82) is 0 Å². The molecule has 0 aromatic heterocycles. The molecule has 0 aliphatic carbocycles. The number of rotatable bonds is 2. The molecule has 6 nitrogen and oxygen atoms in total. The van der Waals surface area contributed by atoms with E-state index in [0.29, 0.717) is 13.1 Å². The molecule has 0 unspecified atom stereocenters. The van der Waals surface area contributed by atoms with Crippen LogP contribution in [-0.2, 0) is 9.53 Å². The fourth-order valence-electron chi connectivity index (χ4n) is 2.98. The molecule has 2 rings (SSSR count). The zero-order chi connectivity index (χ0) is 16.2. The third-order valence-electron chi connectivity index (χ3n) is 4.09. The minimum atomic E-state index is -0.500. The summed E-state index contributed by atoms with van der Waals surface area (Å²) in [6.45, 7) is 8.57. The van der Waals surface area contributed by atoms with E-state index in [-0.39, 0.29) is 24.0 Å². The molecule has 2 N–H and O–H groups in total. The van der Waals surface area contributed by atoms with Crippen LogP contribution in [0.25, 0.3) is 0 Å². The van der Waals surface area contributed by atoms with Crippen LogP contribution in [0.3, 0.4) is 0 Å². The quantitative estimate of drug-likeness (QED) is 0.811. The molecule has 2 aliphatic heterocycles. The van der Waals surface area contributed by atoms with Gasteiger partial charge in [0, 0.05) is 25.7 Å². The second-order valence-electron chi connectivity index (χ2n) is 7.32. The van der Waals surface area contributed by atoms with Gasteiger partial charge in [-0.25, -0.2) is 4.79 Å². The molecule has 6 heteroatoms. The molecule has 126 valence electrons. The van der Waals surface area contributed by atoms with Crippen molar-refractivity contribution in [2.24, 2.45) is 5.92 Å². The van der Waals surface area contributed by atoms with Crippen LogP contribution in [-0.4, -0.2) is 54.7 Å². The van der Waals surface area contributed by atoms with Crippen molar-refractivity contribution in [1.82, 2.24) is 15.5 Å². The largest absolute Gasteiger partial charge is 0.444 e. The van der Waals surface area contributed by atoms with Crippen molar-refractivity contribution in [2.45, 2.75) is 58.1 Å². The van der Waals surface area contributed by atoms with Crippen molar-refractivity contribution in [2.75, 3.05) is 26.2 Å². The number of likely N-dealkylation sites (tertiary alicyclic amines) is 1. The van der Waals surface area contributed by atoms with E-state index in [1.165, 1.54) is 0 Å². The SMILES string of the molecule is CC(C)(C)OC(=O)N1CCC[C@@H](C(=O)N[C@@H]2CCCNC2)C1. The summed E-state index contributed by atoms with van der Waals surface area (Å²) in [7, 11) is 0. The van der Waals surface area contributed by atoms with Crippen LogP contribution >= 0.6 is 0 Å². The number of ether oxygens (including phenoxy) is 1. The van der Waals surface area contributed by atoms with E-state index in [0.717, 1.165) is 38.8 Å².